The lowest BCUT2D eigenvalue weighted by Crippen LogP contribution is -2.54. The summed E-state index contributed by atoms with van der Waals surface area (Å²) in [5.41, 5.74) is 6.71. The van der Waals surface area contributed by atoms with Gasteiger partial charge in [-0.25, -0.2) is 0 Å². The lowest BCUT2D eigenvalue weighted by Gasteiger charge is -2.60. The van der Waals surface area contributed by atoms with Crippen LogP contribution >= 0.6 is 11.8 Å². The van der Waals surface area contributed by atoms with Gasteiger partial charge in [0.05, 0.1) is 0 Å². The molecule has 0 aromatic carbocycles. The SMILES string of the molecule is CSCCC(N)CNCC1CCC2CC1C2(C)C. The molecule has 2 bridgehead atoms. The maximum atomic E-state index is 6.10. The van der Waals surface area contributed by atoms with Crippen molar-refractivity contribution < 1.29 is 0 Å². The zero-order chi connectivity index (χ0) is 13.2. The molecule has 3 heteroatoms. The fourth-order valence-electron chi connectivity index (χ4n) is 4.03. The second-order valence-electron chi connectivity index (χ2n) is 6.90. The van der Waals surface area contributed by atoms with Gasteiger partial charge in [0.15, 0.2) is 0 Å². The molecular formula is C15H30N2S. The highest BCUT2D eigenvalue weighted by molar-refractivity contribution is 7.98. The number of hydrogen-bond donors (Lipinski definition) is 2. The van der Waals surface area contributed by atoms with Gasteiger partial charge >= 0.3 is 0 Å². The van der Waals surface area contributed by atoms with E-state index in [1.54, 1.807) is 0 Å². The average Bonchev–Trinajstić information content (AvgIpc) is 2.36. The van der Waals surface area contributed by atoms with Crippen LogP contribution in [0.1, 0.15) is 39.5 Å². The van der Waals surface area contributed by atoms with E-state index >= 15 is 0 Å². The number of fused-ring (bicyclic) bond motifs is 2. The third kappa shape index (κ3) is 3.05. The molecule has 0 heterocycles. The lowest BCUT2D eigenvalue weighted by atomic mass is 9.45. The highest BCUT2D eigenvalue weighted by atomic mass is 32.2. The number of rotatable bonds is 7. The molecule has 106 valence electrons. The standard InChI is InChI=1S/C15H30N2S/c1-15(2)12-5-4-11(14(15)8-12)9-17-10-13(16)6-7-18-3/h11-14,17H,4-10,16H2,1-3H3. The fraction of sp³-hybridized carbons (Fsp3) is 1.00. The highest BCUT2D eigenvalue weighted by Gasteiger charge is 2.53. The Morgan fingerprint density at radius 2 is 2.17 bits per heavy atom. The molecule has 3 saturated carbocycles. The molecule has 0 amide bonds. The third-order valence-electron chi connectivity index (χ3n) is 5.51. The van der Waals surface area contributed by atoms with Crippen LogP contribution in [0.5, 0.6) is 0 Å². The van der Waals surface area contributed by atoms with Crippen molar-refractivity contribution in [1.82, 2.24) is 5.32 Å². The Kier molecular flexibility index (Phi) is 5.01. The molecule has 3 aliphatic carbocycles. The van der Waals surface area contributed by atoms with Crippen LogP contribution in [0.2, 0.25) is 0 Å². The van der Waals surface area contributed by atoms with Crippen molar-refractivity contribution in [2.24, 2.45) is 28.9 Å². The monoisotopic (exact) mass is 270 g/mol. The largest absolute Gasteiger partial charge is 0.327 e. The van der Waals surface area contributed by atoms with E-state index in [1.165, 1.54) is 31.6 Å². The Morgan fingerprint density at radius 1 is 1.39 bits per heavy atom. The predicted molar refractivity (Wildman–Crippen MR) is 81.9 cm³/mol. The zero-order valence-corrected chi connectivity index (χ0v) is 13.1. The topological polar surface area (TPSA) is 38.0 Å². The summed E-state index contributed by atoms with van der Waals surface area (Å²) in [7, 11) is 0. The first-order valence-electron chi connectivity index (χ1n) is 7.51. The molecule has 3 N–H and O–H groups in total. The van der Waals surface area contributed by atoms with Crippen LogP contribution in [0.25, 0.3) is 0 Å². The molecule has 0 spiro atoms. The summed E-state index contributed by atoms with van der Waals surface area (Å²) in [5.74, 6) is 4.07. The molecule has 4 atom stereocenters. The third-order valence-corrected chi connectivity index (χ3v) is 6.15. The molecule has 3 fully saturated rings. The van der Waals surface area contributed by atoms with Gasteiger partial charge < -0.3 is 11.1 Å². The minimum absolute atomic E-state index is 0.336. The summed E-state index contributed by atoms with van der Waals surface area (Å²) in [6.07, 6.45) is 7.66. The van der Waals surface area contributed by atoms with Crippen LogP contribution in [0, 0.1) is 23.2 Å². The van der Waals surface area contributed by atoms with Gasteiger partial charge in [0.1, 0.15) is 0 Å². The molecular weight excluding hydrogens is 240 g/mol. The first-order chi connectivity index (χ1) is 8.55. The molecule has 0 aromatic rings. The quantitative estimate of drug-likeness (QED) is 0.747. The van der Waals surface area contributed by atoms with Crippen molar-refractivity contribution in [3.63, 3.8) is 0 Å². The second-order valence-corrected chi connectivity index (χ2v) is 7.88. The molecule has 0 saturated heterocycles. The van der Waals surface area contributed by atoms with Crippen LogP contribution in [0.15, 0.2) is 0 Å². The van der Waals surface area contributed by atoms with Crippen molar-refractivity contribution in [1.29, 1.82) is 0 Å². The Morgan fingerprint density at radius 3 is 2.78 bits per heavy atom. The Labute approximate surface area is 117 Å². The van der Waals surface area contributed by atoms with Crippen molar-refractivity contribution in [3.8, 4) is 0 Å². The van der Waals surface area contributed by atoms with Crippen molar-refractivity contribution in [3.05, 3.63) is 0 Å². The number of hydrogen-bond acceptors (Lipinski definition) is 3. The molecule has 0 aliphatic heterocycles. The molecule has 2 nitrogen and oxygen atoms in total. The molecule has 0 radical (unpaired) electrons. The smallest absolute Gasteiger partial charge is 0.0173 e. The Hall–Kier alpha value is 0.270. The van der Waals surface area contributed by atoms with Gasteiger partial charge in [-0.15, -0.1) is 0 Å². The number of thioether (sulfide) groups is 1. The van der Waals surface area contributed by atoms with Crippen molar-refractivity contribution in [2.45, 2.75) is 45.6 Å². The van der Waals surface area contributed by atoms with Crippen molar-refractivity contribution in [2.75, 3.05) is 25.1 Å². The minimum Gasteiger partial charge on any atom is -0.327 e. The fourth-order valence-corrected chi connectivity index (χ4v) is 4.57. The number of nitrogens with one attached hydrogen (secondary N) is 1. The molecule has 18 heavy (non-hydrogen) atoms. The molecule has 3 rings (SSSR count). The summed E-state index contributed by atoms with van der Waals surface area (Å²) in [5, 5.41) is 3.62. The van der Waals surface area contributed by atoms with E-state index < -0.39 is 0 Å². The molecule has 3 aliphatic rings. The first-order valence-corrected chi connectivity index (χ1v) is 8.90. The van der Waals surface area contributed by atoms with Gasteiger partial charge in [-0.3, -0.25) is 0 Å². The summed E-state index contributed by atoms with van der Waals surface area (Å²) >= 11 is 1.89. The summed E-state index contributed by atoms with van der Waals surface area (Å²) in [6, 6.07) is 0.336. The lowest BCUT2D eigenvalue weighted by molar-refractivity contribution is -0.103. The van der Waals surface area contributed by atoms with Gasteiger partial charge in [-0.05, 0) is 67.4 Å². The van der Waals surface area contributed by atoms with Crippen LogP contribution in [0.4, 0.5) is 0 Å². The Bertz CT molecular complexity index is 265. The van der Waals surface area contributed by atoms with Gasteiger partial charge in [0, 0.05) is 12.6 Å². The van der Waals surface area contributed by atoms with E-state index in [0.29, 0.717) is 11.5 Å². The summed E-state index contributed by atoms with van der Waals surface area (Å²) in [6.45, 7) is 7.13. The maximum Gasteiger partial charge on any atom is 0.0173 e. The van der Waals surface area contributed by atoms with E-state index in [0.717, 1.165) is 30.7 Å². The van der Waals surface area contributed by atoms with Crippen LogP contribution in [0.3, 0.4) is 0 Å². The van der Waals surface area contributed by atoms with Gasteiger partial charge in [0.2, 0.25) is 0 Å². The maximum absolute atomic E-state index is 6.10. The minimum atomic E-state index is 0.336. The second kappa shape index (κ2) is 6.15. The Balaban J connectivity index is 1.65. The van der Waals surface area contributed by atoms with Crippen LogP contribution < -0.4 is 11.1 Å². The average molecular weight is 270 g/mol. The van der Waals surface area contributed by atoms with Gasteiger partial charge in [-0.1, -0.05) is 13.8 Å². The first kappa shape index (κ1) is 14.7. The van der Waals surface area contributed by atoms with Crippen LogP contribution in [-0.2, 0) is 0 Å². The number of nitrogens with two attached hydrogens (primary N) is 1. The van der Waals surface area contributed by atoms with Crippen molar-refractivity contribution >= 4 is 11.8 Å². The molecule has 0 aromatic heterocycles. The van der Waals surface area contributed by atoms with Crippen LogP contribution in [-0.4, -0.2) is 31.1 Å². The normalized spacial score (nSPS) is 35.0. The summed E-state index contributed by atoms with van der Waals surface area (Å²) in [4.78, 5) is 0. The van der Waals surface area contributed by atoms with E-state index in [9.17, 15) is 0 Å². The predicted octanol–water partition coefficient (Wildman–Crippen LogP) is 2.73. The van der Waals surface area contributed by atoms with E-state index in [1.807, 2.05) is 11.8 Å². The highest BCUT2D eigenvalue weighted by Crippen LogP contribution is 2.61. The van der Waals surface area contributed by atoms with E-state index in [-0.39, 0.29) is 0 Å². The van der Waals surface area contributed by atoms with E-state index in [4.69, 9.17) is 5.73 Å². The summed E-state index contributed by atoms with van der Waals surface area (Å²) < 4.78 is 0. The molecule has 4 unspecified atom stereocenters. The zero-order valence-electron chi connectivity index (χ0n) is 12.2. The van der Waals surface area contributed by atoms with Gasteiger partial charge in [0.25, 0.3) is 0 Å². The van der Waals surface area contributed by atoms with E-state index in [2.05, 4.69) is 25.4 Å². The van der Waals surface area contributed by atoms with Gasteiger partial charge in [-0.2, -0.15) is 11.8 Å².